The summed E-state index contributed by atoms with van der Waals surface area (Å²) in [7, 11) is -1.49. The molecule has 0 fully saturated rings. The van der Waals surface area contributed by atoms with Crippen LogP contribution in [-0.4, -0.2) is 20.7 Å². The second kappa shape index (κ2) is 11.5. The number of unbranched alkanes of at least 4 members (excludes halogenated alkanes) is 5. The first-order chi connectivity index (χ1) is 10.3. The summed E-state index contributed by atoms with van der Waals surface area (Å²) < 4.78 is 5.17. The average molecular weight is 323 g/mol. The van der Waals surface area contributed by atoms with Crippen LogP contribution < -0.4 is 0 Å². The second-order valence-corrected chi connectivity index (χ2v) is 11.6. The fourth-order valence-electron chi connectivity index (χ4n) is 2.08. The summed E-state index contributed by atoms with van der Waals surface area (Å²) in [6, 6.07) is 0. The normalized spacial score (nSPS) is 12.3. The minimum Gasteiger partial charge on any atom is -0.462 e. The van der Waals surface area contributed by atoms with E-state index in [4.69, 9.17) is 4.74 Å². The predicted molar refractivity (Wildman–Crippen MR) is 98.4 cm³/mol. The van der Waals surface area contributed by atoms with E-state index < -0.39 is 8.07 Å². The molecule has 0 spiro atoms. The molecule has 0 bridgehead atoms. The Morgan fingerprint density at radius 1 is 1.00 bits per heavy atom. The van der Waals surface area contributed by atoms with Gasteiger partial charge in [-0.15, -0.1) is 5.54 Å². The molecule has 0 aromatic carbocycles. The Balaban J connectivity index is 4.73. The molecule has 0 heterocycles. The van der Waals surface area contributed by atoms with Crippen molar-refractivity contribution in [3.8, 4) is 11.5 Å². The third-order valence-electron chi connectivity index (χ3n) is 3.37. The van der Waals surface area contributed by atoms with Crippen molar-refractivity contribution in [3.63, 3.8) is 0 Å². The van der Waals surface area contributed by atoms with Crippen molar-refractivity contribution in [1.82, 2.24) is 0 Å². The Morgan fingerprint density at radius 2 is 1.59 bits per heavy atom. The van der Waals surface area contributed by atoms with Crippen molar-refractivity contribution in [2.75, 3.05) is 6.61 Å². The van der Waals surface area contributed by atoms with E-state index in [2.05, 4.69) is 38.0 Å². The molecule has 0 aromatic heterocycles. The van der Waals surface area contributed by atoms with Crippen molar-refractivity contribution in [2.45, 2.75) is 85.4 Å². The fraction of sp³-hybridized carbons (Fsp3) is 0.737. The van der Waals surface area contributed by atoms with Crippen LogP contribution in [0.25, 0.3) is 0 Å². The summed E-state index contributed by atoms with van der Waals surface area (Å²) in [5.74, 6) is 2.87. The smallest absolute Gasteiger partial charge is 0.346 e. The van der Waals surface area contributed by atoms with Crippen LogP contribution in [0.5, 0.6) is 0 Å². The Labute approximate surface area is 138 Å². The molecular formula is C19H34O2Si. The van der Waals surface area contributed by atoms with Crippen LogP contribution >= 0.6 is 0 Å². The van der Waals surface area contributed by atoms with Crippen molar-refractivity contribution in [3.05, 3.63) is 11.1 Å². The summed E-state index contributed by atoms with van der Waals surface area (Å²) in [5, 5.41) is 0. The van der Waals surface area contributed by atoms with E-state index in [-0.39, 0.29) is 5.97 Å². The summed E-state index contributed by atoms with van der Waals surface area (Å²) in [6.07, 6.45) is 8.52. The monoisotopic (exact) mass is 322 g/mol. The average Bonchev–Trinajstić information content (AvgIpc) is 2.42. The van der Waals surface area contributed by atoms with E-state index in [1.54, 1.807) is 0 Å². The molecule has 0 N–H and O–H groups in total. The Kier molecular flexibility index (Phi) is 11.0. The number of esters is 1. The number of rotatable bonds is 9. The van der Waals surface area contributed by atoms with Crippen molar-refractivity contribution in [1.29, 1.82) is 0 Å². The molecule has 3 heteroatoms. The zero-order chi connectivity index (χ0) is 17.0. The third kappa shape index (κ3) is 10.7. The van der Waals surface area contributed by atoms with Gasteiger partial charge in [0.15, 0.2) is 0 Å². The number of carbonyl (C=O) groups is 1. The number of carbonyl (C=O) groups excluding carboxylic acids is 1. The molecule has 0 saturated carbocycles. The number of hydrogen-bond donors (Lipinski definition) is 0. The first-order valence-electron chi connectivity index (χ1n) is 8.71. The number of allylic oxidation sites excluding steroid dienone is 1. The van der Waals surface area contributed by atoms with Gasteiger partial charge in [-0.05, 0) is 26.7 Å². The van der Waals surface area contributed by atoms with Crippen molar-refractivity contribution >= 4 is 14.0 Å². The van der Waals surface area contributed by atoms with Gasteiger partial charge in [-0.3, -0.25) is 0 Å². The van der Waals surface area contributed by atoms with Gasteiger partial charge in [0.05, 0.1) is 6.61 Å². The van der Waals surface area contributed by atoms with Crippen LogP contribution in [0.4, 0.5) is 0 Å². The minimum atomic E-state index is -1.49. The second-order valence-electron chi connectivity index (χ2n) is 6.89. The van der Waals surface area contributed by atoms with Gasteiger partial charge in [0, 0.05) is 0 Å². The van der Waals surface area contributed by atoms with Crippen LogP contribution in [0.3, 0.4) is 0 Å². The lowest BCUT2D eigenvalue weighted by atomic mass is 10.0. The SMILES string of the molecule is CCCCCCCC/C(C)=C(/C#C[Si](C)(C)C)C(=O)OCC. The predicted octanol–water partition coefficient (Wildman–Crippen LogP) is 5.50. The highest BCUT2D eigenvalue weighted by molar-refractivity contribution is 6.83. The Hall–Kier alpha value is -1.01. The minimum absolute atomic E-state index is 0.253. The Bertz CT molecular complexity index is 419. The van der Waals surface area contributed by atoms with Crippen molar-refractivity contribution in [2.24, 2.45) is 0 Å². The molecule has 0 aromatic rings. The molecule has 0 saturated heterocycles. The quantitative estimate of drug-likeness (QED) is 0.184. The van der Waals surface area contributed by atoms with Gasteiger partial charge >= 0.3 is 5.97 Å². The summed E-state index contributed by atoms with van der Waals surface area (Å²) in [4.78, 5) is 12.1. The van der Waals surface area contributed by atoms with Crippen LogP contribution in [0.1, 0.15) is 65.7 Å². The van der Waals surface area contributed by atoms with E-state index in [1.807, 2.05) is 13.8 Å². The molecule has 0 rings (SSSR count). The topological polar surface area (TPSA) is 26.3 Å². The first-order valence-corrected chi connectivity index (χ1v) is 12.2. The summed E-state index contributed by atoms with van der Waals surface area (Å²) in [5.41, 5.74) is 4.97. The van der Waals surface area contributed by atoms with Gasteiger partial charge in [0.1, 0.15) is 13.6 Å². The highest BCUT2D eigenvalue weighted by atomic mass is 28.3. The zero-order valence-corrected chi connectivity index (χ0v) is 16.5. The molecule has 0 unspecified atom stereocenters. The maximum Gasteiger partial charge on any atom is 0.346 e. The molecule has 0 aliphatic heterocycles. The van der Waals surface area contributed by atoms with Crippen LogP contribution in [0.15, 0.2) is 11.1 Å². The third-order valence-corrected chi connectivity index (χ3v) is 4.25. The number of hydrogen-bond acceptors (Lipinski definition) is 2. The molecule has 0 radical (unpaired) electrons. The molecule has 0 aliphatic carbocycles. The molecule has 0 atom stereocenters. The highest BCUT2D eigenvalue weighted by Crippen LogP contribution is 2.16. The maximum atomic E-state index is 12.1. The molecule has 126 valence electrons. The fourth-order valence-corrected chi connectivity index (χ4v) is 2.58. The molecular weight excluding hydrogens is 288 g/mol. The van der Waals surface area contributed by atoms with E-state index in [9.17, 15) is 4.79 Å². The summed E-state index contributed by atoms with van der Waals surface area (Å²) >= 11 is 0. The van der Waals surface area contributed by atoms with E-state index in [0.717, 1.165) is 18.4 Å². The first kappa shape index (κ1) is 21.0. The van der Waals surface area contributed by atoms with Gasteiger partial charge in [-0.1, -0.05) is 70.2 Å². The highest BCUT2D eigenvalue weighted by Gasteiger charge is 2.14. The lowest BCUT2D eigenvalue weighted by Gasteiger charge is -2.08. The lowest BCUT2D eigenvalue weighted by molar-refractivity contribution is -0.138. The van der Waals surface area contributed by atoms with Crippen LogP contribution in [0.2, 0.25) is 19.6 Å². The van der Waals surface area contributed by atoms with Gasteiger partial charge in [-0.25, -0.2) is 4.79 Å². The van der Waals surface area contributed by atoms with Crippen molar-refractivity contribution < 1.29 is 9.53 Å². The molecule has 22 heavy (non-hydrogen) atoms. The van der Waals surface area contributed by atoms with E-state index >= 15 is 0 Å². The summed E-state index contributed by atoms with van der Waals surface area (Å²) in [6.45, 7) is 13.1. The maximum absolute atomic E-state index is 12.1. The zero-order valence-electron chi connectivity index (χ0n) is 15.5. The van der Waals surface area contributed by atoms with Crippen LogP contribution in [-0.2, 0) is 9.53 Å². The number of ether oxygens (including phenoxy) is 1. The van der Waals surface area contributed by atoms with Crippen LogP contribution in [0, 0.1) is 11.5 Å². The molecule has 0 amide bonds. The van der Waals surface area contributed by atoms with E-state index in [1.165, 1.54) is 32.1 Å². The standard InChI is InChI=1S/C19H34O2Si/c1-7-9-10-11-12-13-14-17(3)18(19(20)21-8-2)15-16-22(4,5)6/h7-14H2,1-6H3/b18-17-. The van der Waals surface area contributed by atoms with Gasteiger partial charge in [0.25, 0.3) is 0 Å². The van der Waals surface area contributed by atoms with E-state index in [0.29, 0.717) is 12.2 Å². The lowest BCUT2D eigenvalue weighted by Crippen LogP contribution is -2.17. The largest absolute Gasteiger partial charge is 0.462 e. The Morgan fingerprint density at radius 3 is 2.14 bits per heavy atom. The van der Waals surface area contributed by atoms with Gasteiger partial charge < -0.3 is 4.74 Å². The van der Waals surface area contributed by atoms with Gasteiger partial charge in [0.2, 0.25) is 0 Å². The molecule has 2 nitrogen and oxygen atoms in total. The van der Waals surface area contributed by atoms with Gasteiger partial charge in [-0.2, -0.15) is 0 Å². The molecule has 0 aliphatic rings.